The van der Waals surface area contributed by atoms with Gasteiger partial charge in [0.15, 0.2) is 5.13 Å². The van der Waals surface area contributed by atoms with Crippen molar-refractivity contribution >= 4 is 57.0 Å². The van der Waals surface area contributed by atoms with Crippen LogP contribution in [0.2, 0.25) is 10.0 Å². The Balaban J connectivity index is 1.76. The number of nitrogens with one attached hydrogen (secondary N) is 2. The number of benzene rings is 2. The molecule has 7 heteroatoms. The summed E-state index contributed by atoms with van der Waals surface area (Å²) < 4.78 is 0. The van der Waals surface area contributed by atoms with Gasteiger partial charge in [-0.3, -0.25) is 4.79 Å². The summed E-state index contributed by atoms with van der Waals surface area (Å²) in [6.45, 7) is 0. The number of amides is 1. The van der Waals surface area contributed by atoms with Crippen molar-refractivity contribution in [1.82, 2.24) is 4.98 Å². The number of thiazole rings is 1. The number of carbonyl (C=O) groups is 1. The predicted octanol–water partition coefficient (Wildman–Crippen LogP) is 5.45. The van der Waals surface area contributed by atoms with Gasteiger partial charge >= 0.3 is 0 Å². The maximum absolute atomic E-state index is 12.4. The number of nitrogens with zero attached hydrogens (tertiary/aromatic N) is 1. The highest BCUT2D eigenvalue weighted by molar-refractivity contribution is 7.13. The predicted molar refractivity (Wildman–Crippen MR) is 96.3 cm³/mol. The van der Waals surface area contributed by atoms with Crippen molar-refractivity contribution in [3.05, 3.63) is 69.7 Å². The van der Waals surface area contributed by atoms with Crippen LogP contribution < -0.4 is 10.6 Å². The highest BCUT2D eigenvalue weighted by Gasteiger charge is 2.08. The molecule has 0 spiro atoms. The zero-order valence-electron chi connectivity index (χ0n) is 11.7. The number of hydrogen-bond donors (Lipinski definition) is 2. The lowest BCUT2D eigenvalue weighted by molar-refractivity contribution is 0.102. The molecule has 3 aromatic rings. The van der Waals surface area contributed by atoms with Gasteiger partial charge in [-0.05, 0) is 36.4 Å². The molecule has 0 saturated heterocycles. The molecule has 1 amide bonds. The minimum Gasteiger partial charge on any atom is -0.332 e. The average molecular weight is 364 g/mol. The van der Waals surface area contributed by atoms with Gasteiger partial charge in [0.05, 0.1) is 0 Å². The summed E-state index contributed by atoms with van der Waals surface area (Å²) in [4.78, 5) is 16.5. The van der Waals surface area contributed by atoms with Gasteiger partial charge in [-0.15, -0.1) is 11.3 Å². The first-order valence-corrected chi connectivity index (χ1v) is 8.28. The van der Waals surface area contributed by atoms with Crippen LogP contribution in [0.15, 0.2) is 54.0 Å². The molecule has 1 heterocycles. The fraction of sp³-hybridized carbons (Fsp3) is 0. The molecule has 3 rings (SSSR count). The number of aromatic nitrogens is 1. The van der Waals surface area contributed by atoms with Crippen molar-refractivity contribution in [3.63, 3.8) is 0 Å². The molecule has 1 aromatic heterocycles. The number of halogens is 2. The fourth-order valence-electron chi connectivity index (χ4n) is 1.98. The van der Waals surface area contributed by atoms with Crippen molar-refractivity contribution < 1.29 is 4.79 Å². The molecule has 0 aliphatic carbocycles. The van der Waals surface area contributed by atoms with Gasteiger partial charge in [0, 0.05) is 38.6 Å². The van der Waals surface area contributed by atoms with E-state index in [4.69, 9.17) is 23.2 Å². The van der Waals surface area contributed by atoms with E-state index in [1.54, 1.807) is 42.6 Å². The fourth-order valence-corrected chi connectivity index (χ4v) is 3.05. The normalized spacial score (nSPS) is 10.3. The van der Waals surface area contributed by atoms with Crippen molar-refractivity contribution in [2.45, 2.75) is 0 Å². The lowest BCUT2D eigenvalue weighted by Gasteiger charge is -2.08. The van der Waals surface area contributed by atoms with Gasteiger partial charge in [-0.1, -0.05) is 29.3 Å². The summed E-state index contributed by atoms with van der Waals surface area (Å²) in [5, 5.41) is 9.50. The summed E-state index contributed by atoms with van der Waals surface area (Å²) in [5.41, 5.74) is 1.85. The van der Waals surface area contributed by atoms with Crippen LogP contribution in [0.1, 0.15) is 10.4 Å². The van der Waals surface area contributed by atoms with Crippen LogP contribution in [-0.4, -0.2) is 10.9 Å². The highest BCUT2D eigenvalue weighted by Crippen LogP contribution is 2.24. The minimum absolute atomic E-state index is 0.244. The molecular formula is C16H11Cl2N3OS. The van der Waals surface area contributed by atoms with Crippen LogP contribution in [0.4, 0.5) is 16.5 Å². The van der Waals surface area contributed by atoms with Crippen LogP contribution in [0.25, 0.3) is 0 Å². The highest BCUT2D eigenvalue weighted by atomic mass is 35.5. The third-order valence-corrected chi connectivity index (χ3v) is 4.05. The van der Waals surface area contributed by atoms with E-state index in [1.165, 1.54) is 11.3 Å². The first kappa shape index (κ1) is 15.8. The third-order valence-electron chi connectivity index (χ3n) is 2.93. The zero-order chi connectivity index (χ0) is 16.2. The monoisotopic (exact) mass is 363 g/mol. The molecule has 116 valence electrons. The Morgan fingerprint density at radius 1 is 1.04 bits per heavy atom. The Labute approximate surface area is 147 Å². The van der Waals surface area contributed by atoms with E-state index < -0.39 is 0 Å². The Morgan fingerprint density at radius 3 is 2.52 bits per heavy atom. The van der Waals surface area contributed by atoms with Crippen LogP contribution in [0, 0.1) is 0 Å². The summed E-state index contributed by atoms with van der Waals surface area (Å²) in [6, 6.07) is 12.0. The quantitative estimate of drug-likeness (QED) is 0.648. The van der Waals surface area contributed by atoms with E-state index in [9.17, 15) is 4.79 Å². The van der Waals surface area contributed by atoms with Crippen molar-refractivity contribution in [2.24, 2.45) is 0 Å². The van der Waals surface area contributed by atoms with Crippen molar-refractivity contribution in [2.75, 3.05) is 10.6 Å². The van der Waals surface area contributed by atoms with Crippen LogP contribution in [0.3, 0.4) is 0 Å². The molecule has 23 heavy (non-hydrogen) atoms. The number of carbonyl (C=O) groups excluding carboxylic acids is 1. The third kappa shape index (κ3) is 4.22. The van der Waals surface area contributed by atoms with Gasteiger partial charge in [0.25, 0.3) is 5.91 Å². The number of hydrogen-bond acceptors (Lipinski definition) is 4. The van der Waals surface area contributed by atoms with Crippen LogP contribution in [0.5, 0.6) is 0 Å². The smallest absolute Gasteiger partial charge is 0.255 e. The SMILES string of the molecule is O=C(Nc1cc(Cl)cc(Cl)c1)c1cccc(Nc2nccs2)c1. The standard InChI is InChI=1S/C16H11Cl2N3OS/c17-11-7-12(18)9-14(8-11)20-15(22)10-2-1-3-13(6-10)21-16-19-4-5-23-16/h1-9H,(H,19,21)(H,20,22). The molecule has 0 aliphatic rings. The summed E-state index contributed by atoms with van der Waals surface area (Å²) in [5.74, 6) is -0.244. The van der Waals surface area contributed by atoms with Gasteiger partial charge in [-0.25, -0.2) is 4.98 Å². The van der Waals surface area contributed by atoms with E-state index in [0.717, 1.165) is 10.8 Å². The van der Waals surface area contributed by atoms with Gasteiger partial charge < -0.3 is 10.6 Å². The summed E-state index contributed by atoms with van der Waals surface area (Å²) >= 11 is 13.4. The zero-order valence-corrected chi connectivity index (χ0v) is 14.0. The van der Waals surface area contributed by atoms with E-state index in [0.29, 0.717) is 21.3 Å². The molecule has 0 radical (unpaired) electrons. The molecule has 0 atom stereocenters. The number of anilines is 3. The second-order valence-corrected chi connectivity index (χ2v) is 6.42. The lowest BCUT2D eigenvalue weighted by Crippen LogP contribution is -2.12. The average Bonchev–Trinajstić information content (AvgIpc) is 2.99. The second-order valence-electron chi connectivity index (χ2n) is 4.66. The topological polar surface area (TPSA) is 54.0 Å². The first-order valence-electron chi connectivity index (χ1n) is 6.64. The van der Waals surface area contributed by atoms with Crippen LogP contribution in [-0.2, 0) is 0 Å². The Bertz CT molecular complexity index is 817. The van der Waals surface area contributed by atoms with Gasteiger partial charge in [-0.2, -0.15) is 0 Å². The van der Waals surface area contributed by atoms with Crippen molar-refractivity contribution in [3.8, 4) is 0 Å². The lowest BCUT2D eigenvalue weighted by atomic mass is 10.2. The van der Waals surface area contributed by atoms with E-state index in [-0.39, 0.29) is 5.91 Å². The molecule has 0 bridgehead atoms. The maximum atomic E-state index is 12.4. The Kier molecular flexibility index (Phi) is 4.81. The van der Waals surface area contributed by atoms with Crippen LogP contribution >= 0.6 is 34.5 Å². The molecule has 0 unspecified atom stereocenters. The second kappa shape index (κ2) is 7.00. The summed E-state index contributed by atoms with van der Waals surface area (Å²) in [7, 11) is 0. The van der Waals surface area contributed by atoms with E-state index in [2.05, 4.69) is 15.6 Å². The Hall–Kier alpha value is -2.08. The Morgan fingerprint density at radius 2 is 1.83 bits per heavy atom. The molecule has 4 nitrogen and oxygen atoms in total. The van der Waals surface area contributed by atoms with Gasteiger partial charge in [0.1, 0.15) is 0 Å². The van der Waals surface area contributed by atoms with Crippen molar-refractivity contribution in [1.29, 1.82) is 0 Å². The molecule has 2 aromatic carbocycles. The summed E-state index contributed by atoms with van der Waals surface area (Å²) in [6.07, 6.45) is 1.71. The molecule has 0 saturated carbocycles. The van der Waals surface area contributed by atoms with E-state index in [1.807, 2.05) is 11.4 Å². The molecule has 2 N–H and O–H groups in total. The van der Waals surface area contributed by atoms with E-state index >= 15 is 0 Å². The first-order chi connectivity index (χ1) is 11.1. The number of rotatable bonds is 4. The molecule has 0 fully saturated rings. The molecule has 0 aliphatic heterocycles. The minimum atomic E-state index is -0.244. The van der Waals surface area contributed by atoms with Gasteiger partial charge in [0.2, 0.25) is 0 Å². The molecular weight excluding hydrogens is 353 g/mol. The maximum Gasteiger partial charge on any atom is 0.255 e. The largest absolute Gasteiger partial charge is 0.332 e.